The highest BCUT2D eigenvalue weighted by Gasteiger charge is 2.17. The lowest BCUT2D eigenvalue weighted by Crippen LogP contribution is -2.22. The molecule has 6 heteroatoms. The molecule has 3 nitrogen and oxygen atoms in total. The van der Waals surface area contributed by atoms with Crippen molar-refractivity contribution in [1.29, 1.82) is 0 Å². The second-order valence-corrected chi connectivity index (χ2v) is 5.55. The van der Waals surface area contributed by atoms with Crippen molar-refractivity contribution in [2.45, 2.75) is 6.04 Å². The summed E-state index contributed by atoms with van der Waals surface area (Å²) in [5.41, 5.74) is 5.34. The molecule has 0 saturated heterocycles. The minimum Gasteiger partial charge on any atom is -0.323 e. The van der Waals surface area contributed by atoms with Gasteiger partial charge in [0.05, 0.1) is 5.75 Å². The van der Waals surface area contributed by atoms with Crippen LogP contribution in [-0.2, 0) is 9.84 Å². The topological polar surface area (TPSA) is 60.2 Å². The molecule has 1 aromatic carbocycles. The smallest absolute Gasteiger partial charge is 0.149 e. The van der Waals surface area contributed by atoms with Crippen LogP contribution in [0.1, 0.15) is 11.6 Å². The summed E-state index contributed by atoms with van der Waals surface area (Å²) >= 11 is 0. The second kappa shape index (κ2) is 4.24. The van der Waals surface area contributed by atoms with Crippen molar-refractivity contribution < 1.29 is 17.2 Å². The van der Waals surface area contributed by atoms with Crippen LogP contribution in [-0.4, -0.2) is 20.4 Å². The van der Waals surface area contributed by atoms with E-state index in [0.29, 0.717) is 0 Å². The van der Waals surface area contributed by atoms with Crippen LogP contribution in [0, 0.1) is 11.6 Å². The molecule has 0 aliphatic carbocycles. The number of hydrogen-bond donors (Lipinski definition) is 1. The molecule has 0 heterocycles. The van der Waals surface area contributed by atoms with E-state index in [-0.39, 0.29) is 5.56 Å². The van der Waals surface area contributed by atoms with Gasteiger partial charge >= 0.3 is 0 Å². The fourth-order valence-electron chi connectivity index (χ4n) is 1.21. The zero-order valence-electron chi connectivity index (χ0n) is 8.07. The monoisotopic (exact) mass is 235 g/mol. The zero-order chi connectivity index (χ0) is 11.6. The molecule has 84 valence electrons. The predicted molar refractivity (Wildman–Crippen MR) is 53.0 cm³/mol. The van der Waals surface area contributed by atoms with Gasteiger partial charge in [0.25, 0.3) is 0 Å². The molecule has 0 spiro atoms. The maximum atomic E-state index is 13.2. The van der Waals surface area contributed by atoms with E-state index in [1.54, 1.807) is 0 Å². The minimum absolute atomic E-state index is 0.125. The molecule has 0 aliphatic rings. The fourth-order valence-corrected chi connectivity index (χ4v) is 2.05. The highest BCUT2D eigenvalue weighted by Crippen LogP contribution is 2.17. The molecule has 1 aromatic rings. The molecule has 0 radical (unpaired) electrons. The number of halogens is 2. The number of hydrogen-bond acceptors (Lipinski definition) is 3. The third-order valence-corrected chi connectivity index (χ3v) is 2.80. The van der Waals surface area contributed by atoms with E-state index in [9.17, 15) is 17.2 Å². The van der Waals surface area contributed by atoms with Gasteiger partial charge < -0.3 is 5.73 Å². The lowest BCUT2D eigenvalue weighted by Gasteiger charge is -2.11. The Hall–Kier alpha value is -1.01. The van der Waals surface area contributed by atoms with Crippen LogP contribution >= 0.6 is 0 Å². The van der Waals surface area contributed by atoms with Crippen LogP contribution < -0.4 is 5.73 Å². The molecule has 0 amide bonds. The van der Waals surface area contributed by atoms with E-state index >= 15 is 0 Å². The summed E-state index contributed by atoms with van der Waals surface area (Å²) in [6, 6.07) is 1.74. The molecule has 2 N–H and O–H groups in total. The van der Waals surface area contributed by atoms with E-state index in [1.807, 2.05) is 0 Å². The Balaban J connectivity index is 3.00. The van der Waals surface area contributed by atoms with Gasteiger partial charge in [-0.05, 0) is 18.2 Å². The van der Waals surface area contributed by atoms with Gasteiger partial charge in [0.2, 0.25) is 0 Å². The van der Waals surface area contributed by atoms with Crippen LogP contribution in [0.25, 0.3) is 0 Å². The van der Waals surface area contributed by atoms with Crippen molar-refractivity contribution in [2.75, 3.05) is 12.0 Å². The quantitative estimate of drug-likeness (QED) is 0.850. The minimum atomic E-state index is -3.32. The summed E-state index contributed by atoms with van der Waals surface area (Å²) < 4.78 is 47.8. The lowest BCUT2D eigenvalue weighted by atomic mass is 10.1. The van der Waals surface area contributed by atoms with Crippen LogP contribution in [0.4, 0.5) is 8.78 Å². The molecule has 0 aromatic heterocycles. The van der Waals surface area contributed by atoms with Crippen molar-refractivity contribution in [3.63, 3.8) is 0 Å². The van der Waals surface area contributed by atoms with E-state index in [0.717, 1.165) is 24.5 Å². The zero-order valence-corrected chi connectivity index (χ0v) is 8.89. The van der Waals surface area contributed by atoms with Gasteiger partial charge in [0, 0.05) is 17.9 Å². The van der Waals surface area contributed by atoms with Gasteiger partial charge in [-0.2, -0.15) is 0 Å². The summed E-state index contributed by atoms with van der Waals surface area (Å²) in [6.45, 7) is 0. The molecular formula is C9H11F2NO2S. The molecule has 1 rings (SSSR count). The number of nitrogens with two attached hydrogens (primary N) is 1. The van der Waals surface area contributed by atoms with Crippen LogP contribution in [0.15, 0.2) is 18.2 Å². The normalized spacial score (nSPS) is 13.9. The van der Waals surface area contributed by atoms with Crippen molar-refractivity contribution in [1.82, 2.24) is 0 Å². The van der Waals surface area contributed by atoms with Crippen LogP contribution in [0.5, 0.6) is 0 Å². The summed E-state index contributed by atoms with van der Waals surface area (Å²) in [5.74, 6) is -1.75. The van der Waals surface area contributed by atoms with Crippen LogP contribution in [0.2, 0.25) is 0 Å². The Kier molecular flexibility index (Phi) is 3.41. The van der Waals surface area contributed by atoms with E-state index in [2.05, 4.69) is 0 Å². The standard InChI is InChI=1S/C9H11F2NO2S/c1-15(13,14)5-9(12)7-4-6(10)2-3-8(7)11/h2-4,9H,5,12H2,1H3. The Morgan fingerprint density at radius 3 is 2.53 bits per heavy atom. The van der Waals surface area contributed by atoms with Crippen molar-refractivity contribution >= 4 is 9.84 Å². The predicted octanol–water partition coefficient (Wildman–Crippen LogP) is 1.01. The van der Waals surface area contributed by atoms with E-state index in [4.69, 9.17) is 5.73 Å². The SMILES string of the molecule is CS(=O)(=O)CC(N)c1cc(F)ccc1F. The molecule has 15 heavy (non-hydrogen) atoms. The Labute approximate surface area is 86.8 Å². The summed E-state index contributed by atoms with van der Waals surface area (Å²) in [7, 11) is -3.32. The van der Waals surface area contributed by atoms with Gasteiger partial charge in [-0.15, -0.1) is 0 Å². The van der Waals surface area contributed by atoms with E-state index < -0.39 is 33.3 Å². The third-order valence-electron chi connectivity index (χ3n) is 1.84. The first-order valence-electron chi connectivity index (χ1n) is 4.18. The summed E-state index contributed by atoms with van der Waals surface area (Å²) in [6.07, 6.45) is 0.990. The Morgan fingerprint density at radius 2 is 2.00 bits per heavy atom. The van der Waals surface area contributed by atoms with Crippen molar-refractivity contribution in [3.05, 3.63) is 35.4 Å². The fraction of sp³-hybridized carbons (Fsp3) is 0.333. The first-order chi connectivity index (χ1) is 6.79. The summed E-state index contributed by atoms with van der Waals surface area (Å²) in [4.78, 5) is 0. The Bertz CT molecular complexity index is 459. The maximum Gasteiger partial charge on any atom is 0.149 e. The second-order valence-electron chi connectivity index (χ2n) is 3.36. The van der Waals surface area contributed by atoms with Gasteiger partial charge in [-0.1, -0.05) is 0 Å². The molecule has 0 saturated carbocycles. The average Bonchev–Trinajstić information content (AvgIpc) is 2.06. The van der Waals surface area contributed by atoms with Gasteiger partial charge in [0.15, 0.2) is 0 Å². The molecule has 1 atom stereocenters. The highest BCUT2D eigenvalue weighted by molar-refractivity contribution is 7.90. The van der Waals surface area contributed by atoms with Crippen molar-refractivity contribution in [3.8, 4) is 0 Å². The lowest BCUT2D eigenvalue weighted by molar-refractivity contribution is 0.564. The molecule has 1 unspecified atom stereocenters. The summed E-state index contributed by atoms with van der Waals surface area (Å²) in [5, 5.41) is 0. The Morgan fingerprint density at radius 1 is 1.40 bits per heavy atom. The molecular weight excluding hydrogens is 224 g/mol. The first kappa shape index (κ1) is 12.1. The van der Waals surface area contributed by atoms with Crippen LogP contribution in [0.3, 0.4) is 0 Å². The third kappa shape index (κ3) is 3.56. The molecule has 0 bridgehead atoms. The largest absolute Gasteiger partial charge is 0.323 e. The highest BCUT2D eigenvalue weighted by atomic mass is 32.2. The molecule has 0 fully saturated rings. The number of benzene rings is 1. The van der Waals surface area contributed by atoms with Gasteiger partial charge in [0.1, 0.15) is 21.5 Å². The van der Waals surface area contributed by atoms with Gasteiger partial charge in [-0.3, -0.25) is 0 Å². The van der Waals surface area contributed by atoms with Gasteiger partial charge in [-0.25, -0.2) is 17.2 Å². The first-order valence-corrected chi connectivity index (χ1v) is 6.24. The van der Waals surface area contributed by atoms with Crippen molar-refractivity contribution in [2.24, 2.45) is 5.73 Å². The molecule has 0 aliphatic heterocycles. The average molecular weight is 235 g/mol. The number of rotatable bonds is 3. The maximum absolute atomic E-state index is 13.2. The number of sulfone groups is 1. The van der Waals surface area contributed by atoms with E-state index in [1.165, 1.54) is 0 Å².